The molecule has 9 heavy (non-hydrogen) atoms. The topological polar surface area (TPSA) is 36.1 Å². The maximum Gasteiger partial charge on any atom is 0.101 e. The van der Waals surface area contributed by atoms with Crippen molar-refractivity contribution < 1.29 is 0 Å². The first-order chi connectivity index (χ1) is 4.22. The molecule has 0 heterocycles. The summed E-state index contributed by atoms with van der Waals surface area (Å²) >= 11 is 0. The number of allylic oxidation sites excluding steroid dienone is 2. The number of nitriles is 1. The van der Waals surface area contributed by atoms with Crippen molar-refractivity contribution in [2.75, 3.05) is 7.05 Å². The fourth-order valence-electron chi connectivity index (χ4n) is 0.399. The molecular weight excluding hydrogens is 112 g/mol. The van der Waals surface area contributed by atoms with Gasteiger partial charge in [0, 0.05) is 13.3 Å². The predicted octanol–water partition coefficient (Wildman–Crippen LogP) is 1.55. The average molecular weight is 122 g/mol. The van der Waals surface area contributed by atoms with Crippen LogP contribution in [0.2, 0.25) is 0 Å². The Morgan fingerprint density at radius 2 is 2.11 bits per heavy atom. The average Bonchev–Trinajstić information content (AvgIpc) is 1.82. The minimum Gasteiger partial charge on any atom is -0.295 e. The lowest BCUT2D eigenvalue weighted by Gasteiger charge is -1.87. The quantitative estimate of drug-likeness (QED) is 0.384. The molecule has 0 spiro atoms. The zero-order valence-electron chi connectivity index (χ0n) is 5.97. The molecule has 0 unspecified atom stereocenters. The van der Waals surface area contributed by atoms with Crippen LogP contribution >= 0.6 is 0 Å². The maximum atomic E-state index is 8.43. The van der Waals surface area contributed by atoms with Gasteiger partial charge in [0.25, 0.3) is 0 Å². The Balaban J connectivity index is 4.41. The van der Waals surface area contributed by atoms with Gasteiger partial charge < -0.3 is 0 Å². The highest BCUT2D eigenvalue weighted by Gasteiger charge is 1.89. The minimum absolute atomic E-state index is 0.650. The van der Waals surface area contributed by atoms with Crippen LogP contribution in [0.4, 0.5) is 0 Å². The summed E-state index contributed by atoms with van der Waals surface area (Å²) in [5, 5.41) is 8.43. The summed E-state index contributed by atoms with van der Waals surface area (Å²) in [6, 6.07) is 2.03. The van der Waals surface area contributed by atoms with Crippen LogP contribution in [0.15, 0.2) is 16.1 Å². The van der Waals surface area contributed by atoms with Crippen molar-refractivity contribution in [3.8, 4) is 6.07 Å². The van der Waals surface area contributed by atoms with Gasteiger partial charge in [-0.3, -0.25) is 4.99 Å². The lowest BCUT2D eigenvalue weighted by atomic mass is 10.2. The highest BCUT2D eigenvalue weighted by molar-refractivity contribution is 5.84. The summed E-state index contributed by atoms with van der Waals surface area (Å²) < 4.78 is 0. The van der Waals surface area contributed by atoms with Crippen LogP contribution in [0.25, 0.3) is 0 Å². The fraction of sp³-hybridized carbons (Fsp3) is 0.429. The Labute approximate surface area is 55.5 Å². The first kappa shape index (κ1) is 7.90. The van der Waals surface area contributed by atoms with E-state index in [-0.39, 0.29) is 0 Å². The highest BCUT2D eigenvalue weighted by Crippen LogP contribution is 1.96. The monoisotopic (exact) mass is 122 g/mol. The van der Waals surface area contributed by atoms with E-state index >= 15 is 0 Å². The highest BCUT2D eigenvalue weighted by atomic mass is 14.6. The van der Waals surface area contributed by atoms with Crippen LogP contribution in [-0.2, 0) is 0 Å². The second kappa shape index (κ2) is 3.85. The summed E-state index contributed by atoms with van der Waals surface area (Å²) in [7, 11) is 1.65. The van der Waals surface area contributed by atoms with E-state index in [1.165, 1.54) is 0 Å². The Bertz CT molecular complexity index is 178. The molecule has 0 atom stereocenters. The number of hydrogen-bond donors (Lipinski definition) is 0. The van der Waals surface area contributed by atoms with E-state index in [9.17, 15) is 0 Å². The van der Waals surface area contributed by atoms with Crippen LogP contribution in [0.1, 0.15) is 13.8 Å². The van der Waals surface area contributed by atoms with Crippen LogP contribution in [0, 0.1) is 11.3 Å². The summed E-state index contributed by atoms with van der Waals surface area (Å²) in [5.74, 6) is 0. The summed E-state index contributed by atoms with van der Waals surface area (Å²) in [4.78, 5) is 3.72. The van der Waals surface area contributed by atoms with Crippen LogP contribution in [0.5, 0.6) is 0 Å². The summed E-state index contributed by atoms with van der Waals surface area (Å²) in [6.45, 7) is 3.78. The van der Waals surface area contributed by atoms with Crippen molar-refractivity contribution in [2.24, 2.45) is 4.99 Å². The molecule has 2 nitrogen and oxygen atoms in total. The smallest absolute Gasteiger partial charge is 0.101 e. The molecule has 48 valence electrons. The number of aliphatic imine (C=N–C) groups is 1. The van der Waals surface area contributed by atoms with Gasteiger partial charge in [-0.25, -0.2) is 0 Å². The molecule has 0 amide bonds. The van der Waals surface area contributed by atoms with Gasteiger partial charge >= 0.3 is 0 Å². The number of rotatable bonds is 1. The molecule has 0 fully saturated rings. The van der Waals surface area contributed by atoms with Crippen molar-refractivity contribution >= 4 is 6.21 Å². The van der Waals surface area contributed by atoms with Crippen molar-refractivity contribution in [1.82, 2.24) is 0 Å². The van der Waals surface area contributed by atoms with Gasteiger partial charge in [0.2, 0.25) is 0 Å². The van der Waals surface area contributed by atoms with Gasteiger partial charge in [0.1, 0.15) is 6.07 Å². The maximum absolute atomic E-state index is 8.43. The minimum atomic E-state index is 0.650. The van der Waals surface area contributed by atoms with Crippen molar-refractivity contribution in [3.63, 3.8) is 0 Å². The van der Waals surface area contributed by atoms with Gasteiger partial charge in [-0.05, 0) is 13.8 Å². The van der Waals surface area contributed by atoms with Crippen LogP contribution in [-0.4, -0.2) is 13.3 Å². The molecule has 0 radical (unpaired) electrons. The predicted molar refractivity (Wildman–Crippen MR) is 38.4 cm³/mol. The molecule has 0 rings (SSSR count). The van der Waals surface area contributed by atoms with Gasteiger partial charge in [-0.1, -0.05) is 5.57 Å². The molecule has 0 saturated carbocycles. The Hall–Kier alpha value is -1.10. The van der Waals surface area contributed by atoms with Gasteiger partial charge in [0.05, 0.1) is 5.57 Å². The summed E-state index contributed by atoms with van der Waals surface area (Å²) in [6.07, 6.45) is 1.56. The SMILES string of the molecule is CN=CC(C#N)=C(C)C. The van der Waals surface area contributed by atoms with E-state index in [0.29, 0.717) is 5.57 Å². The molecule has 0 bridgehead atoms. The normalized spacial score (nSPS) is 9.11. The molecule has 2 heteroatoms. The van der Waals surface area contributed by atoms with E-state index in [2.05, 4.69) is 4.99 Å². The molecule has 0 aliphatic rings. The third-order valence-electron chi connectivity index (χ3n) is 0.917. The second-order valence-electron chi connectivity index (χ2n) is 1.91. The fourth-order valence-corrected chi connectivity index (χ4v) is 0.399. The van der Waals surface area contributed by atoms with Crippen molar-refractivity contribution in [2.45, 2.75) is 13.8 Å². The first-order valence-electron chi connectivity index (χ1n) is 2.72. The van der Waals surface area contributed by atoms with Crippen molar-refractivity contribution in [3.05, 3.63) is 11.1 Å². The number of hydrogen-bond acceptors (Lipinski definition) is 2. The Kier molecular flexibility index (Phi) is 3.38. The Morgan fingerprint density at radius 3 is 2.22 bits per heavy atom. The van der Waals surface area contributed by atoms with E-state index in [0.717, 1.165) is 5.57 Å². The molecule has 0 aromatic heterocycles. The molecular formula is C7H10N2. The molecule has 0 aliphatic heterocycles. The second-order valence-corrected chi connectivity index (χ2v) is 1.91. The van der Waals surface area contributed by atoms with E-state index < -0.39 is 0 Å². The molecule has 0 saturated heterocycles. The van der Waals surface area contributed by atoms with E-state index in [1.807, 2.05) is 19.9 Å². The lowest BCUT2D eigenvalue weighted by molar-refractivity contribution is 1.35. The standard InChI is InChI=1S/C7H10N2/c1-6(2)7(4-8)5-9-3/h5H,1-3H3. The third kappa shape index (κ3) is 2.65. The zero-order valence-corrected chi connectivity index (χ0v) is 5.97. The molecule has 0 aliphatic carbocycles. The molecule has 0 N–H and O–H groups in total. The van der Waals surface area contributed by atoms with Crippen LogP contribution < -0.4 is 0 Å². The molecule has 0 aromatic rings. The van der Waals surface area contributed by atoms with E-state index in [4.69, 9.17) is 5.26 Å². The third-order valence-corrected chi connectivity index (χ3v) is 0.917. The molecule has 0 aromatic carbocycles. The van der Waals surface area contributed by atoms with Gasteiger partial charge in [-0.15, -0.1) is 0 Å². The van der Waals surface area contributed by atoms with Gasteiger partial charge in [0.15, 0.2) is 0 Å². The van der Waals surface area contributed by atoms with Crippen molar-refractivity contribution in [1.29, 1.82) is 5.26 Å². The summed E-state index contributed by atoms with van der Waals surface area (Å²) in [5.41, 5.74) is 1.65. The van der Waals surface area contributed by atoms with E-state index in [1.54, 1.807) is 13.3 Å². The number of nitrogens with zero attached hydrogens (tertiary/aromatic N) is 2. The lowest BCUT2D eigenvalue weighted by Crippen LogP contribution is -1.82. The Morgan fingerprint density at radius 1 is 1.56 bits per heavy atom. The van der Waals surface area contributed by atoms with Crippen LogP contribution in [0.3, 0.4) is 0 Å². The van der Waals surface area contributed by atoms with Gasteiger partial charge in [-0.2, -0.15) is 5.26 Å². The first-order valence-corrected chi connectivity index (χ1v) is 2.72. The zero-order chi connectivity index (χ0) is 7.28. The largest absolute Gasteiger partial charge is 0.295 e.